The van der Waals surface area contributed by atoms with Crippen molar-refractivity contribution < 1.29 is 14.4 Å². The van der Waals surface area contributed by atoms with E-state index < -0.39 is 11.8 Å². The van der Waals surface area contributed by atoms with E-state index in [-0.39, 0.29) is 26.4 Å². The Morgan fingerprint density at radius 1 is 1.08 bits per heavy atom. The van der Waals surface area contributed by atoms with Gasteiger partial charge in [-0.05, 0) is 43.0 Å². The molecule has 2 amide bonds. The molecule has 1 fully saturated rings. The second-order valence-electron chi connectivity index (χ2n) is 5.38. The van der Waals surface area contributed by atoms with Crippen LogP contribution in [0.25, 0.3) is 0 Å². The zero-order valence-corrected chi connectivity index (χ0v) is 15.3. The van der Waals surface area contributed by atoms with Crippen molar-refractivity contribution in [1.82, 2.24) is 0 Å². The molecule has 0 saturated carbocycles. The number of para-hydroxylation sites is 1. The molecule has 7 heteroatoms. The minimum Gasteiger partial charge on any atom is -0.295 e. The van der Waals surface area contributed by atoms with Crippen LogP contribution in [-0.2, 0) is 9.59 Å². The minimum atomic E-state index is -0.559. The highest BCUT2D eigenvalue weighted by Gasteiger charge is 2.35. The Balaban J connectivity index is 2.05. The molecule has 2 aromatic carbocycles. The lowest BCUT2D eigenvalue weighted by Crippen LogP contribution is -2.29. The number of hydrogen-bond donors (Lipinski definition) is 0. The van der Waals surface area contributed by atoms with Crippen LogP contribution in [0.5, 0.6) is 0 Å². The maximum absolute atomic E-state index is 12.7. The van der Waals surface area contributed by atoms with Gasteiger partial charge in [-0.1, -0.05) is 41.9 Å². The first-order valence-corrected chi connectivity index (χ1v) is 8.84. The number of allylic oxidation sites excluding steroid dienone is 1. The molecule has 0 bridgehead atoms. The summed E-state index contributed by atoms with van der Waals surface area (Å²) in [6.07, 6.45) is 1.24. The maximum atomic E-state index is 12.7. The first kappa shape index (κ1) is 18.1. The van der Waals surface area contributed by atoms with Gasteiger partial charge in [-0.15, -0.1) is 0 Å². The zero-order valence-electron chi connectivity index (χ0n) is 13.7. The van der Waals surface area contributed by atoms with Crippen LogP contribution in [0.15, 0.2) is 70.6 Å². The van der Waals surface area contributed by atoms with Gasteiger partial charge < -0.3 is 0 Å². The van der Waals surface area contributed by atoms with Crippen LogP contribution in [0.2, 0.25) is 5.02 Å². The predicted octanol–water partition coefficient (Wildman–Crippen LogP) is 4.09. The molecule has 0 unspecified atom stereocenters. The summed E-state index contributed by atoms with van der Waals surface area (Å²) in [4.78, 5) is 42.2. The molecule has 1 saturated heterocycles. The standard InChI is InChI=1S/C19H13ClN2O3S/c1-12(23)11-16-18(25)22(13-7-3-2-4-8-13)19(26-16)21-17(24)14-9-5-6-10-15(14)20/h2-11H,1H3. The van der Waals surface area contributed by atoms with E-state index in [2.05, 4.69) is 4.99 Å². The molecule has 0 aromatic heterocycles. The number of ketones is 1. The summed E-state index contributed by atoms with van der Waals surface area (Å²) in [5.41, 5.74) is 0.800. The van der Waals surface area contributed by atoms with E-state index in [1.165, 1.54) is 17.9 Å². The molecule has 0 spiro atoms. The molecule has 0 aliphatic carbocycles. The third-order valence-electron chi connectivity index (χ3n) is 3.46. The zero-order chi connectivity index (χ0) is 18.7. The number of rotatable bonds is 3. The van der Waals surface area contributed by atoms with Gasteiger partial charge in [0.2, 0.25) is 0 Å². The first-order chi connectivity index (χ1) is 12.5. The molecule has 0 atom stereocenters. The van der Waals surface area contributed by atoms with Crippen LogP contribution in [0.4, 0.5) is 5.69 Å². The fourth-order valence-corrected chi connectivity index (χ4v) is 3.54. The van der Waals surface area contributed by atoms with Gasteiger partial charge in [0.05, 0.1) is 21.2 Å². The summed E-state index contributed by atoms with van der Waals surface area (Å²) in [5, 5.41) is 0.459. The molecule has 1 aliphatic heterocycles. The number of carbonyl (C=O) groups excluding carboxylic acids is 3. The van der Waals surface area contributed by atoms with Crippen LogP contribution in [0.1, 0.15) is 17.3 Å². The summed E-state index contributed by atoms with van der Waals surface area (Å²) in [6.45, 7) is 1.36. The lowest BCUT2D eigenvalue weighted by Gasteiger charge is -2.15. The number of carbonyl (C=O) groups is 3. The third-order valence-corrected chi connectivity index (χ3v) is 4.76. The number of nitrogens with zero attached hydrogens (tertiary/aromatic N) is 2. The molecule has 2 aromatic rings. The summed E-state index contributed by atoms with van der Waals surface area (Å²) >= 11 is 7.03. The molecule has 1 heterocycles. The van der Waals surface area contributed by atoms with E-state index >= 15 is 0 Å². The van der Waals surface area contributed by atoms with Crippen molar-refractivity contribution in [2.75, 3.05) is 4.90 Å². The average Bonchev–Trinajstić information content (AvgIpc) is 2.90. The van der Waals surface area contributed by atoms with Crippen LogP contribution in [0.3, 0.4) is 0 Å². The molecule has 130 valence electrons. The topological polar surface area (TPSA) is 66.8 Å². The highest BCUT2D eigenvalue weighted by Crippen LogP contribution is 2.35. The van der Waals surface area contributed by atoms with Crippen molar-refractivity contribution in [3.8, 4) is 0 Å². The lowest BCUT2D eigenvalue weighted by atomic mass is 10.2. The monoisotopic (exact) mass is 384 g/mol. The number of halogens is 1. The van der Waals surface area contributed by atoms with Crippen LogP contribution in [0, 0.1) is 0 Å². The fraction of sp³-hybridized carbons (Fsp3) is 0.0526. The van der Waals surface area contributed by atoms with E-state index in [1.807, 2.05) is 6.07 Å². The van der Waals surface area contributed by atoms with Crippen LogP contribution < -0.4 is 4.90 Å². The van der Waals surface area contributed by atoms with Gasteiger partial charge in [-0.25, -0.2) is 0 Å². The lowest BCUT2D eigenvalue weighted by molar-refractivity contribution is -0.115. The van der Waals surface area contributed by atoms with Crippen molar-refractivity contribution in [3.63, 3.8) is 0 Å². The molecule has 0 radical (unpaired) electrons. The van der Waals surface area contributed by atoms with Gasteiger partial charge in [0.1, 0.15) is 0 Å². The number of aliphatic imine (C=N–C) groups is 1. The van der Waals surface area contributed by atoms with E-state index in [9.17, 15) is 14.4 Å². The Morgan fingerprint density at radius 3 is 2.38 bits per heavy atom. The van der Waals surface area contributed by atoms with Crippen molar-refractivity contribution in [1.29, 1.82) is 0 Å². The van der Waals surface area contributed by atoms with Gasteiger partial charge in [0, 0.05) is 6.08 Å². The van der Waals surface area contributed by atoms with Crippen molar-refractivity contribution in [2.45, 2.75) is 6.92 Å². The van der Waals surface area contributed by atoms with E-state index in [0.717, 1.165) is 11.8 Å². The molecule has 5 nitrogen and oxygen atoms in total. The summed E-state index contributed by atoms with van der Waals surface area (Å²) < 4.78 is 0. The normalized spacial score (nSPS) is 17.2. The second kappa shape index (κ2) is 7.68. The van der Waals surface area contributed by atoms with Gasteiger partial charge in [-0.3, -0.25) is 19.3 Å². The van der Waals surface area contributed by atoms with Crippen molar-refractivity contribution >= 4 is 51.8 Å². The number of anilines is 1. The Labute approximate surface area is 159 Å². The number of amides is 2. The average molecular weight is 385 g/mol. The number of amidine groups is 1. The molecule has 1 aliphatic rings. The van der Waals surface area contributed by atoms with E-state index in [1.54, 1.807) is 48.5 Å². The smallest absolute Gasteiger partial charge is 0.280 e. The Bertz CT molecular complexity index is 954. The highest BCUT2D eigenvalue weighted by atomic mass is 35.5. The van der Waals surface area contributed by atoms with Gasteiger partial charge in [-0.2, -0.15) is 4.99 Å². The van der Waals surface area contributed by atoms with Crippen molar-refractivity contribution in [3.05, 3.63) is 76.2 Å². The van der Waals surface area contributed by atoms with E-state index in [4.69, 9.17) is 11.6 Å². The largest absolute Gasteiger partial charge is 0.295 e. The van der Waals surface area contributed by atoms with Crippen LogP contribution in [-0.4, -0.2) is 22.8 Å². The fourth-order valence-electron chi connectivity index (χ4n) is 2.32. The van der Waals surface area contributed by atoms with Gasteiger partial charge >= 0.3 is 0 Å². The predicted molar refractivity (Wildman–Crippen MR) is 104 cm³/mol. The Morgan fingerprint density at radius 2 is 1.73 bits per heavy atom. The number of hydrogen-bond acceptors (Lipinski definition) is 4. The summed E-state index contributed by atoms with van der Waals surface area (Å²) in [5.74, 6) is -1.22. The van der Waals surface area contributed by atoms with Gasteiger partial charge in [0.25, 0.3) is 11.8 Å². The first-order valence-electron chi connectivity index (χ1n) is 7.64. The quantitative estimate of drug-likeness (QED) is 0.747. The molecular formula is C19H13ClN2O3S. The summed E-state index contributed by atoms with van der Waals surface area (Å²) in [6, 6.07) is 15.4. The number of benzene rings is 2. The second-order valence-corrected chi connectivity index (χ2v) is 6.79. The van der Waals surface area contributed by atoms with E-state index in [0.29, 0.717) is 5.69 Å². The highest BCUT2D eigenvalue weighted by molar-refractivity contribution is 8.19. The maximum Gasteiger partial charge on any atom is 0.280 e. The van der Waals surface area contributed by atoms with Gasteiger partial charge in [0.15, 0.2) is 11.0 Å². The molecule has 26 heavy (non-hydrogen) atoms. The SMILES string of the molecule is CC(=O)C=C1SC(=NC(=O)c2ccccc2Cl)N(c2ccccc2)C1=O. The molecule has 0 N–H and O–H groups in total. The Kier molecular flexibility index (Phi) is 5.35. The molecule has 3 rings (SSSR count). The Hall–Kier alpha value is -2.70. The minimum absolute atomic E-state index is 0.179. The number of thioether (sulfide) groups is 1. The van der Waals surface area contributed by atoms with Crippen LogP contribution >= 0.6 is 23.4 Å². The molecular weight excluding hydrogens is 372 g/mol. The summed E-state index contributed by atoms with van der Waals surface area (Å²) in [7, 11) is 0. The van der Waals surface area contributed by atoms with Crippen molar-refractivity contribution in [2.24, 2.45) is 4.99 Å². The third kappa shape index (κ3) is 3.76.